The highest BCUT2D eigenvalue weighted by Gasteiger charge is 2.28. The van der Waals surface area contributed by atoms with Crippen molar-refractivity contribution in [1.82, 2.24) is 10.3 Å². The number of nitrogens with zero attached hydrogens (tertiary/aromatic N) is 1. The van der Waals surface area contributed by atoms with Crippen LogP contribution in [0.2, 0.25) is 0 Å². The lowest BCUT2D eigenvalue weighted by Gasteiger charge is -2.18. The minimum Gasteiger partial charge on any atom is -0.493 e. The Morgan fingerprint density at radius 1 is 1.06 bits per heavy atom. The van der Waals surface area contributed by atoms with Crippen molar-refractivity contribution in [2.24, 2.45) is 11.8 Å². The molecule has 0 saturated heterocycles. The van der Waals surface area contributed by atoms with Gasteiger partial charge < -0.3 is 24.3 Å². The second-order valence-electron chi connectivity index (χ2n) is 7.65. The summed E-state index contributed by atoms with van der Waals surface area (Å²) in [6, 6.07) is 0.0389. The molecule has 2 unspecified atom stereocenters. The van der Waals surface area contributed by atoms with E-state index in [-0.39, 0.29) is 47.7 Å². The lowest BCUT2D eigenvalue weighted by Crippen LogP contribution is -2.45. The van der Waals surface area contributed by atoms with Gasteiger partial charge in [0.1, 0.15) is 12.4 Å². The van der Waals surface area contributed by atoms with Gasteiger partial charge in [0.2, 0.25) is 5.75 Å². The van der Waals surface area contributed by atoms with E-state index in [0.29, 0.717) is 0 Å². The van der Waals surface area contributed by atoms with Crippen molar-refractivity contribution in [1.29, 1.82) is 0 Å². The summed E-state index contributed by atoms with van der Waals surface area (Å²) in [6.07, 6.45) is 1.45. The first-order valence-corrected chi connectivity index (χ1v) is 10.3. The fourth-order valence-electron chi connectivity index (χ4n) is 2.70. The molecule has 0 aliphatic carbocycles. The molecule has 2 atom stereocenters. The third kappa shape index (κ3) is 8.87. The van der Waals surface area contributed by atoms with E-state index in [9.17, 15) is 24.0 Å². The number of rotatable bonds is 12. The largest absolute Gasteiger partial charge is 0.493 e. The minimum absolute atomic E-state index is 0.0318. The van der Waals surface area contributed by atoms with Gasteiger partial charge in [-0.1, -0.05) is 20.8 Å². The summed E-state index contributed by atoms with van der Waals surface area (Å²) in [5.41, 5.74) is -0.314. The minimum atomic E-state index is -1.35. The molecular weight excluding hydrogens is 436 g/mol. The topological polar surface area (TPSA) is 147 Å². The van der Waals surface area contributed by atoms with Crippen LogP contribution in [-0.2, 0) is 28.7 Å². The maximum absolute atomic E-state index is 12.7. The van der Waals surface area contributed by atoms with Crippen molar-refractivity contribution in [2.75, 3.05) is 20.8 Å². The molecule has 182 valence electrons. The molecule has 1 rings (SSSR count). The van der Waals surface area contributed by atoms with Gasteiger partial charge in [-0.25, -0.2) is 9.78 Å². The Balaban J connectivity index is 2.88. The van der Waals surface area contributed by atoms with Gasteiger partial charge in [0.15, 0.2) is 17.5 Å². The second-order valence-corrected chi connectivity index (χ2v) is 7.65. The van der Waals surface area contributed by atoms with Crippen LogP contribution in [0.25, 0.3) is 0 Å². The van der Waals surface area contributed by atoms with Crippen LogP contribution in [0.3, 0.4) is 0 Å². The number of aromatic nitrogens is 1. The first kappa shape index (κ1) is 27.5. The standard InChI is InChI=1S/C22H30N2O9/c1-12(2)16(26)9-13(3)10-18(27)32-11-15(22(29)31-6)24-21(28)19-20(33-14(4)25)17(30-5)7-8-23-19/h7-8,12-13,15H,9-11H2,1-6H3,(H,24,28). The van der Waals surface area contributed by atoms with Gasteiger partial charge in [0.25, 0.3) is 5.91 Å². The predicted octanol–water partition coefficient (Wildman–Crippen LogP) is 1.47. The highest BCUT2D eigenvalue weighted by molar-refractivity contribution is 5.98. The number of carbonyl (C=O) groups excluding carboxylic acids is 5. The van der Waals surface area contributed by atoms with Crippen molar-refractivity contribution in [2.45, 2.75) is 46.6 Å². The molecule has 1 N–H and O–H groups in total. The van der Waals surface area contributed by atoms with E-state index < -0.39 is 36.5 Å². The zero-order chi connectivity index (χ0) is 25.1. The molecule has 1 aromatic rings. The predicted molar refractivity (Wildman–Crippen MR) is 115 cm³/mol. The fourth-order valence-corrected chi connectivity index (χ4v) is 2.70. The summed E-state index contributed by atoms with van der Waals surface area (Å²) >= 11 is 0. The molecule has 0 bridgehead atoms. The van der Waals surface area contributed by atoms with Crippen LogP contribution in [0.15, 0.2) is 12.3 Å². The molecule has 0 radical (unpaired) electrons. The number of carbonyl (C=O) groups is 5. The van der Waals surface area contributed by atoms with Crippen LogP contribution in [0.1, 0.15) is 51.0 Å². The Kier molecular flexibility index (Phi) is 11.0. The highest BCUT2D eigenvalue weighted by atomic mass is 16.6. The highest BCUT2D eigenvalue weighted by Crippen LogP contribution is 2.29. The average molecular weight is 466 g/mol. The summed E-state index contributed by atoms with van der Waals surface area (Å²) in [6.45, 7) is 5.93. The van der Waals surface area contributed by atoms with E-state index in [4.69, 9.17) is 14.2 Å². The van der Waals surface area contributed by atoms with E-state index in [1.165, 1.54) is 19.4 Å². The first-order chi connectivity index (χ1) is 15.5. The zero-order valence-electron chi connectivity index (χ0n) is 19.6. The van der Waals surface area contributed by atoms with Crippen LogP contribution < -0.4 is 14.8 Å². The number of nitrogens with one attached hydrogen (secondary N) is 1. The van der Waals surface area contributed by atoms with Crippen molar-refractivity contribution in [3.8, 4) is 11.5 Å². The van der Waals surface area contributed by atoms with Gasteiger partial charge in [-0.15, -0.1) is 0 Å². The Labute approximate surface area is 192 Å². The molecule has 0 aliphatic rings. The summed E-state index contributed by atoms with van der Waals surface area (Å²) in [4.78, 5) is 64.1. The number of pyridine rings is 1. The monoisotopic (exact) mass is 466 g/mol. The summed E-state index contributed by atoms with van der Waals surface area (Å²) < 4.78 is 19.9. The number of hydrogen-bond donors (Lipinski definition) is 1. The van der Waals surface area contributed by atoms with Gasteiger partial charge >= 0.3 is 17.9 Å². The molecule has 11 nitrogen and oxygen atoms in total. The summed E-state index contributed by atoms with van der Waals surface area (Å²) in [5, 5.41) is 2.35. The van der Waals surface area contributed by atoms with E-state index in [2.05, 4.69) is 15.0 Å². The molecule has 0 aliphatic heterocycles. The van der Waals surface area contributed by atoms with Crippen molar-refractivity contribution < 1.29 is 42.9 Å². The molecular formula is C22H30N2O9. The number of ketones is 1. The van der Waals surface area contributed by atoms with E-state index in [1.807, 2.05) is 0 Å². The third-order valence-corrected chi connectivity index (χ3v) is 4.46. The zero-order valence-corrected chi connectivity index (χ0v) is 19.6. The quantitative estimate of drug-likeness (QED) is 0.449. The van der Waals surface area contributed by atoms with Crippen LogP contribution in [0.5, 0.6) is 11.5 Å². The Bertz CT molecular complexity index is 883. The number of amides is 1. The SMILES string of the molecule is COC(=O)C(COC(=O)CC(C)CC(=O)C(C)C)NC(=O)c1nccc(OC)c1OC(C)=O. The van der Waals surface area contributed by atoms with E-state index >= 15 is 0 Å². The van der Waals surface area contributed by atoms with Crippen molar-refractivity contribution in [3.05, 3.63) is 18.0 Å². The lowest BCUT2D eigenvalue weighted by molar-refractivity contribution is -0.150. The van der Waals surface area contributed by atoms with Gasteiger partial charge in [-0.05, 0) is 5.92 Å². The van der Waals surface area contributed by atoms with E-state index in [1.54, 1.807) is 20.8 Å². The molecule has 1 amide bonds. The van der Waals surface area contributed by atoms with Gasteiger partial charge in [-0.3, -0.25) is 19.2 Å². The number of hydrogen-bond acceptors (Lipinski definition) is 10. The van der Waals surface area contributed by atoms with E-state index in [0.717, 1.165) is 14.0 Å². The Morgan fingerprint density at radius 3 is 2.27 bits per heavy atom. The van der Waals surface area contributed by atoms with Gasteiger partial charge in [-0.2, -0.15) is 0 Å². The Morgan fingerprint density at radius 2 is 1.73 bits per heavy atom. The van der Waals surface area contributed by atoms with Crippen molar-refractivity contribution >= 4 is 29.6 Å². The number of Topliss-reactive ketones (excluding diaryl/α,β-unsaturated/α-hetero) is 1. The maximum Gasteiger partial charge on any atom is 0.331 e. The van der Waals surface area contributed by atoms with Gasteiger partial charge in [0.05, 0.1) is 14.2 Å². The molecule has 0 saturated carbocycles. The van der Waals surface area contributed by atoms with Crippen LogP contribution in [0.4, 0.5) is 0 Å². The van der Waals surface area contributed by atoms with Crippen LogP contribution >= 0.6 is 0 Å². The number of ether oxygens (including phenoxy) is 4. The summed E-state index contributed by atoms with van der Waals surface area (Å²) in [5.74, 6) is -3.59. The molecule has 0 fully saturated rings. The summed E-state index contributed by atoms with van der Waals surface area (Å²) in [7, 11) is 2.42. The molecule has 33 heavy (non-hydrogen) atoms. The third-order valence-electron chi connectivity index (χ3n) is 4.46. The smallest absolute Gasteiger partial charge is 0.331 e. The average Bonchev–Trinajstić information content (AvgIpc) is 2.75. The molecule has 11 heteroatoms. The molecule has 0 spiro atoms. The molecule has 1 heterocycles. The Hall–Kier alpha value is -3.50. The van der Waals surface area contributed by atoms with Crippen LogP contribution in [-0.4, -0.2) is 61.5 Å². The number of esters is 3. The lowest BCUT2D eigenvalue weighted by atomic mass is 9.95. The second kappa shape index (κ2) is 13.1. The number of methoxy groups -OCH3 is 2. The fraction of sp³-hybridized carbons (Fsp3) is 0.545. The van der Waals surface area contributed by atoms with Crippen LogP contribution in [0, 0.1) is 11.8 Å². The molecule has 0 aromatic carbocycles. The molecule has 1 aromatic heterocycles. The van der Waals surface area contributed by atoms with Crippen molar-refractivity contribution in [3.63, 3.8) is 0 Å². The van der Waals surface area contributed by atoms with Gasteiger partial charge in [0, 0.05) is 37.9 Å². The first-order valence-electron chi connectivity index (χ1n) is 10.3. The normalized spacial score (nSPS) is 12.3. The maximum atomic E-state index is 12.7.